The lowest BCUT2D eigenvalue weighted by Crippen LogP contribution is -2.43. The van der Waals surface area contributed by atoms with Crippen LogP contribution in [0.15, 0.2) is 46.9 Å². The number of aliphatic hydroxyl groups excluding tert-OH is 1. The van der Waals surface area contributed by atoms with Crippen LogP contribution in [0.1, 0.15) is 64.3 Å². The van der Waals surface area contributed by atoms with Crippen LogP contribution in [0, 0.1) is 11.5 Å². The van der Waals surface area contributed by atoms with Crippen molar-refractivity contribution in [2.45, 2.75) is 64.3 Å². The molecule has 0 aliphatic heterocycles. The van der Waals surface area contributed by atoms with Crippen LogP contribution in [0.4, 0.5) is 0 Å². The topological polar surface area (TPSA) is 29.5 Å². The van der Waals surface area contributed by atoms with Crippen LogP contribution in [-0.2, 0) is 0 Å². The molecule has 0 fully saturated rings. The highest BCUT2D eigenvalue weighted by Crippen LogP contribution is 2.40. The summed E-state index contributed by atoms with van der Waals surface area (Å²) in [5.74, 6) is 4.22. The van der Waals surface area contributed by atoms with Crippen molar-refractivity contribution in [3.8, 4) is 17.2 Å². The Morgan fingerprint density at radius 2 is 1.38 bits per heavy atom. The third kappa shape index (κ3) is 5.15. The van der Waals surface area contributed by atoms with E-state index in [2.05, 4.69) is 68.9 Å². The van der Waals surface area contributed by atoms with Gasteiger partial charge in [-0.25, -0.2) is 0 Å². The van der Waals surface area contributed by atoms with E-state index < -0.39 is 14.2 Å². The minimum atomic E-state index is -1.74. The first kappa shape index (κ1) is 23.7. The average Bonchev–Trinajstić information content (AvgIpc) is 2.67. The number of hydrogen-bond acceptors (Lipinski definition) is 2. The Labute approximate surface area is 185 Å². The van der Waals surface area contributed by atoms with Crippen molar-refractivity contribution >= 4 is 24.0 Å². The van der Waals surface area contributed by atoms with E-state index in [9.17, 15) is 5.11 Å². The van der Waals surface area contributed by atoms with E-state index in [4.69, 9.17) is 4.74 Å². The zero-order valence-electron chi connectivity index (χ0n) is 18.6. The molecule has 0 spiro atoms. The number of methoxy groups -OCH3 is 1. The molecule has 0 saturated carbocycles. The van der Waals surface area contributed by atoms with Gasteiger partial charge < -0.3 is 9.84 Å². The summed E-state index contributed by atoms with van der Waals surface area (Å²) in [7, 11) is -0.111. The highest BCUT2D eigenvalue weighted by Gasteiger charge is 2.41. The third-order valence-corrected chi connectivity index (χ3v) is 12.9. The number of benzene rings is 2. The van der Waals surface area contributed by atoms with Gasteiger partial charge in [-0.2, -0.15) is 0 Å². The lowest BCUT2D eigenvalue weighted by molar-refractivity contribution is 0.220. The molecule has 2 aromatic rings. The van der Waals surface area contributed by atoms with Crippen molar-refractivity contribution in [3.05, 3.63) is 63.6 Å². The fourth-order valence-corrected chi connectivity index (χ4v) is 10.2. The van der Waals surface area contributed by atoms with Gasteiger partial charge in [-0.3, -0.25) is 0 Å². The van der Waals surface area contributed by atoms with E-state index in [1.807, 2.05) is 42.5 Å². The maximum Gasteiger partial charge on any atom is 0.146 e. The summed E-state index contributed by atoms with van der Waals surface area (Å²) in [4.78, 5) is 0. The molecular weight excluding hydrogens is 440 g/mol. The van der Waals surface area contributed by atoms with Gasteiger partial charge in [-0.1, -0.05) is 65.7 Å². The molecule has 0 heterocycles. The van der Waals surface area contributed by atoms with E-state index in [1.54, 1.807) is 7.11 Å². The molecule has 1 unspecified atom stereocenters. The Bertz CT molecular complexity index is 854. The van der Waals surface area contributed by atoms with Crippen LogP contribution in [-0.4, -0.2) is 20.3 Å². The van der Waals surface area contributed by atoms with E-state index in [0.717, 1.165) is 26.9 Å². The van der Waals surface area contributed by atoms with Gasteiger partial charge in [0.2, 0.25) is 0 Å². The van der Waals surface area contributed by atoms with Crippen molar-refractivity contribution in [1.29, 1.82) is 0 Å². The molecule has 29 heavy (non-hydrogen) atoms. The minimum Gasteiger partial charge on any atom is -0.496 e. The van der Waals surface area contributed by atoms with Crippen LogP contribution in [0.5, 0.6) is 5.75 Å². The highest BCUT2D eigenvalue weighted by atomic mass is 79.9. The van der Waals surface area contributed by atoms with E-state index in [-0.39, 0.29) is 0 Å². The van der Waals surface area contributed by atoms with Gasteiger partial charge in [0.25, 0.3) is 0 Å². The Morgan fingerprint density at radius 3 is 1.83 bits per heavy atom. The van der Waals surface area contributed by atoms with Gasteiger partial charge in [0, 0.05) is 5.56 Å². The standard InChI is InChI=1S/C25H33BrO2Si/c1-17(2)29(18(3)4,19(5)6)15-14-20-8-10-21(11-9-20)25(27)22-12-13-24(28-7)23(26)16-22/h8-13,16-19,25,27H,1-7H3. The molecule has 1 atom stereocenters. The lowest BCUT2D eigenvalue weighted by atomic mass is 10.0. The van der Waals surface area contributed by atoms with Gasteiger partial charge in [-0.15, -0.1) is 5.54 Å². The molecular formula is C25H33BrO2Si. The molecule has 4 heteroatoms. The molecule has 0 bridgehead atoms. The summed E-state index contributed by atoms with van der Waals surface area (Å²) in [5, 5.41) is 10.8. The van der Waals surface area contributed by atoms with E-state index in [1.165, 1.54) is 0 Å². The Morgan fingerprint density at radius 1 is 0.862 bits per heavy atom. The van der Waals surface area contributed by atoms with Crippen molar-refractivity contribution in [2.24, 2.45) is 0 Å². The van der Waals surface area contributed by atoms with Gasteiger partial charge in [0.15, 0.2) is 0 Å². The summed E-state index contributed by atoms with van der Waals surface area (Å²) in [6.07, 6.45) is -0.685. The van der Waals surface area contributed by atoms with E-state index in [0.29, 0.717) is 16.6 Å². The Hall–Kier alpha value is -1.54. The molecule has 156 valence electrons. The largest absolute Gasteiger partial charge is 0.496 e. The fraction of sp³-hybridized carbons (Fsp3) is 0.440. The quantitative estimate of drug-likeness (QED) is 0.358. The molecule has 0 aliphatic rings. The summed E-state index contributed by atoms with van der Waals surface area (Å²) in [5.41, 5.74) is 8.29. The Balaban J connectivity index is 2.29. The highest BCUT2D eigenvalue weighted by molar-refractivity contribution is 9.10. The van der Waals surface area contributed by atoms with Gasteiger partial charge in [0.1, 0.15) is 19.9 Å². The fourth-order valence-electron chi connectivity index (χ4n) is 4.41. The van der Waals surface area contributed by atoms with Crippen LogP contribution in [0.2, 0.25) is 16.6 Å². The van der Waals surface area contributed by atoms with Crippen LogP contribution >= 0.6 is 15.9 Å². The summed E-state index contributed by atoms with van der Waals surface area (Å²) in [6.45, 7) is 14.0. The zero-order chi connectivity index (χ0) is 21.8. The molecule has 2 aromatic carbocycles. The second-order valence-corrected chi connectivity index (χ2v) is 15.0. The molecule has 0 aromatic heterocycles. The SMILES string of the molecule is COc1ccc(C(O)c2ccc(C#C[Si](C(C)C)(C(C)C)C(C)C)cc2)cc1Br. The first-order chi connectivity index (χ1) is 13.6. The monoisotopic (exact) mass is 472 g/mol. The third-order valence-electron chi connectivity index (χ3n) is 6.01. The smallest absolute Gasteiger partial charge is 0.146 e. The number of rotatable bonds is 6. The predicted molar refractivity (Wildman–Crippen MR) is 129 cm³/mol. The first-order valence-electron chi connectivity index (χ1n) is 10.3. The van der Waals surface area contributed by atoms with Crippen LogP contribution < -0.4 is 4.74 Å². The summed E-state index contributed by atoms with van der Waals surface area (Å²) >= 11 is 3.48. The first-order valence-corrected chi connectivity index (χ1v) is 13.3. The van der Waals surface area contributed by atoms with Gasteiger partial charge in [0.05, 0.1) is 11.6 Å². The molecule has 2 rings (SSSR count). The van der Waals surface area contributed by atoms with Crippen LogP contribution in [0.3, 0.4) is 0 Å². The molecule has 2 nitrogen and oxygen atoms in total. The molecule has 0 amide bonds. The Kier molecular flexibility index (Phi) is 8.16. The van der Waals surface area contributed by atoms with Gasteiger partial charge >= 0.3 is 0 Å². The number of halogens is 1. The normalized spacial score (nSPS) is 12.8. The molecule has 1 N–H and O–H groups in total. The summed E-state index contributed by atoms with van der Waals surface area (Å²) in [6, 6.07) is 13.6. The maximum atomic E-state index is 10.8. The number of ether oxygens (including phenoxy) is 1. The van der Waals surface area contributed by atoms with Crippen molar-refractivity contribution < 1.29 is 9.84 Å². The molecule has 0 saturated heterocycles. The number of aliphatic hydroxyl groups is 1. The van der Waals surface area contributed by atoms with Crippen molar-refractivity contribution in [3.63, 3.8) is 0 Å². The maximum absolute atomic E-state index is 10.8. The van der Waals surface area contributed by atoms with E-state index >= 15 is 0 Å². The zero-order valence-corrected chi connectivity index (χ0v) is 21.2. The van der Waals surface area contributed by atoms with Crippen LogP contribution in [0.25, 0.3) is 0 Å². The predicted octanol–water partition coefficient (Wildman–Crippen LogP) is 7.11. The van der Waals surface area contributed by atoms with Crippen molar-refractivity contribution in [1.82, 2.24) is 0 Å². The van der Waals surface area contributed by atoms with Crippen molar-refractivity contribution in [2.75, 3.05) is 7.11 Å². The molecule has 0 radical (unpaired) electrons. The second-order valence-electron chi connectivity index (χ2n) is 8.57. The minimum absolute atomic E-state index is 0.615. The second kappa shape index (κ2) is 9.98. The van der Waals surface area contributed by atoms with Gasteiger partial charge in [-0.05, 0) is 67.9 Å². The average molecular weight is 474 g/mol. The molecule has 0 aliphatic carbocycles. The number of hydrogen-bond donors (Lipinski definition) is 1. The summed E-state index contributed by atoms with van der Waals surface area (Å²) < 4.78 is 6.10. The lowest BCUT2D eigenvalue weighted by Gasteiger charge is -2.38.